The highest BCUT2D eigenvalue weighted by atomic mass is 16.1. The van der Waals surface area contributed by atoms with Crippen LogP contribution in [0.2, 0.25) is 0 Å². The molecule has 3 rings (SSSR count). The van der Waals surface area contributed by atoms with Gasteiger partial charge in [-0.05, 0) is 37.2 Å². The van der Waals surface area contributed by atoms with Crippen LogP contribution in [0.15, 0.2) is 24.3 Å². The number of hydrogen-bond donors (Lipinski definition) is 1. The summed E-state index contributed by atoms with van der Waals surface area (Å²) in [6, 6.07) is 8.76. The summed E-state index contributed by atoms with van der Waals surface area (Å²) in [5.41, 5.74) is 2.23. The van der Waals surface area contributed by atoms with Crippen molar-refractivity contribution < 1.29 is 4.79 Å². The molecular weight excluding hydrogens is 210 g/mol. The topological polar surface area (TPSA) is 29.1 Å². The lowest BCUT2D eigenvalue weighted by Crippen LogP contribution is -2.26. The number of carbonyl (C=O) groups is 1. The number of hydrogen-bond acceptors (Lipinski definition) is 2. The maximum Gasteiger partial charge on any atom is 0.176 e. The standard InChI is InChI=1S/C15H19NO/c17-15(10-16-12-8-9-12)14-7-2-1-6-13(14)11-4-3-5-11/h1-2,6-7,11-12,16H,3-5,8-10H2. The van der Waals surface area contributed by atoms with Crippen LogP contribution in [0.4, 0.5) is 0 Å². The first kappa shape index (κ1) is 11.0. The molecule has 0 unspecified atom stereocenters. The third kappa shape index (κ3) is 2.42. The summed E-state index contributed by atoms with van der Waals surface area (Å²) in [7, 11) is 0. The average Bonchev–Trinajstić information content (AvgIpc) is 3.08. The Morgan fingerprint density at radius 1 is 1.18 bits per heavy atom. The molecule has 90 valence electrons. The number of benzene rings is 1. The van der Waals surface area contributed by atoms with Gasteiger partial charge in [0.25, 0.3) is 0 Å². The van der Waals surface area contributed by atoms with Crippen molar-refractivity contribution >= 4 is 5.78 Å². The smallest absolute Gasteiger partial charge is 0.176 e. The van der Waals surface area contributed by atoms with Crippen LogP contribution in [0.3, 0.4) is 0 Å². The van der Waals surface area contributed by atoms with Gasteiger partial charge in [-0.15, -0.1) is 0 Å². The zero-order chi connectivity index (χ0) is 11.7. The first-order chi connectivity index (χ1) is 8.34. The highest BCUT2D eigenvalue weighted by Crippen LogP contribution is 2.37. The van der Waals surface area contributed by atoms with Gasteiger partial charge in [-0.3, -0.25) is 4.79 Å². The van der Waals surface area contributed by atoms with Crippen molar-refractivity contribution in [1.29, 1.82) is 0 Å². The van der Waals surface area contributed by atoms with Crippen molar-refractivity contribution in [1.82, 2.24) is 5.32 Å². The fourth-order valence-electron chi connectivity index (χ4n) is 2.45. The lowest BCUT2D eigenvalue weighted by Gasteiger charge is -2.27. The minimum atomic E-state index is 0.263. The minimum absolute atomic E-state index is 0.263. The van der Waals surface area contributed by atoms with Crippen LogP contribution >= 0.6 is 0 Å². The van der Waals surface area contributed by atoms with E-state index in [4.69, 9.17) is 0 Å². The van der Waals surface area contributed by atoms with E-state index in [-0.39, 0.29) is 5.78 Å². The third-order valence-corrected chi connectivity index (χ3v) is 3.93. The highest BCUT2D eigenvalue weighted by molar-refractivity contribution is 5.99. The van der Waals surface area contributed by atoms with Crippen LogP contribution in [-0.2, 0) is 0 Å². The van der Waals surface area contributed by atoms with Crippen molar-refractivity contribution in [3.63, 3.8) is 0 Å². The molecule has 2 nitrogen and oxygen atoms in total. The summed E-state index contributed by atoms with van der Waals surface area (Å²) in [6.07, 6.45) is 6.28. The molecule has 0 bridgehead atoms. The normalized spacial score (nSPS) is 20.0. The van der Waals surface area contributed by atoms with E-state index in [2.05, 4.69) is 17.4 Å². The zero-order valence-electron chi connectivity index (χ0n) is 10.1. The number of nitrogens with one attached hydrogen (secondary N) is 1. The molecule has 1 N–H and O–H groups in total. The van der Waals surface area contributed by atoms with Crippen LogP contribution in [-0.4, -0.2) is 18.4 Å². The van der Waals surface area contributed by atoms with Gasteiger partial charge < -0.3 is 5.32 Å². The largest absolute Gasteiger partial charge is 0.307 e. The Balaban J connectivity index is 1.72. The molecule has 2 saturated carbocycles. The number of carbonyl (C=O) groups excluding carboxylic acids is 1. The molecule has 0 aliphatic heterocycles. The molecule has 17 heavy (non-hydrogen) atoms. The maximum absolute atomic E-state index is 12.2. The second kappa shape index (κ2) is 4.61. The molecule has 0 atom stereocenters. The van der Waals surface area contributed by atoms with Gasteiger partial charge in [0, 0.05) is 11.6 Å². The van der Waals surface area contributed by atoms with Gasteiger partial charge in [0.2, 0.25) is 0 Å². The summed E-state index contributed by atoms with van der Waals surface area (Å²) >= 11 is 0. The van der Waals surface area contributed by atoms with Gasteiger partial charge in [0.1, 0.15) is 0 Å². The third-order valence-electron chi connectivity index (χ3n) is 3.93. The van der Waals surface area contributed by atoms with Crippen molar-refractivity contribution in [2.45, 2.75) is 44.1 Å². The zero-order valence-corrected chi connectivity index (χ0v) is 10.1. The van der Waals surface area contributed by atoms with Crippen LogP contribution in [0.1, 0.15) is 53.9 Å². The monoisotopic (exact) mass is 229 g/mol. The van der Waals surface area contributed by atoms with Gasteiger partial charge in [-0.25, -0.2) is 0 Å². The SMILES string of the molecule is O=C(CNC1CC1)c1ccccc1C1CCC1. The first-order valence-electron chi connectivity index (χ1n) is 6.70. The summed E-state index contributed by atoms with van der Waals surface area (Å²) < 4.78 is 0. The van der Waals surface area contributed by atoms with Crippen LogP contribution in [0, 0.1) is 0 Å². The molecule has 1 aromatic rings. The maximum atomic E-state index is 12.2. The molecule has 1 aromatic carbocycles. The fraction of sp³-hybridized carbons (Fsp3) is 0.533. The molecule has 0 spiro atoms. The Hall–Kier alpha value is -1.15. The quantitative estimate of drug-likeness (QED) is 0.787. The number of Topliss-reactive ketones (excluding diaryl/α,β-unsaturated/α-hetero) is 1. The second-order valence-electron chi connectivity index (χ2n) is 5.29. The highest BCUT2D eigenvalue weighted by Gasteiger charge is 2.25. The van der Waals surface area contributed by atoms with E-state index in [1.54, 1.807) is 0 Å². The molecule has 0 saturated heterocycles. The summed E-state index contributed by atoms with van der Waals surface area (Å²) in [4.78, 5) is 12.2. The minimum Gasteiger partial charge on any atom is -0.307 e. The van der Waals surface area contributed by atoms with Gasteiger partial charge in [-0.1, -0.05) is 30.7 Å². The van der Waals surface area contributed by atoms with Crippen LogP contribution in [0.25, 0.3) is 0 Å². The molecule has 2 aliphatic rings. The molecule has 2 aliphatic carbocycles. The molecule has 0 radical (unpaired) electrons. The van der Waals surface area contributed by atoms with Crippen molar-refractivity contribution in [3.8, 4) is 0 Å². The van der Waals surface area contributed by atoms with Gasteiger partial charge in [0.05, 0.1) is 6.54 Å². The molecule has 2 heteroatoms. The number of ketones is 1. The lowest BCUT2D eigenvalue weighted by atomic mass is 9.77. The van der Waals surface area contributed by atoms with Crippen LogP contribution in [0.5, 0.6) is 0 Å². The van der Waals surface area contributed by atoms with Crippen molar-refractivity contribution in [2.24, 2.45) is 0 Å². The fourth-order valence-corrected chi connectivity index (χ4v) is 2.45. The van der Waals surface area contributed by atoms with E-state index in [1.807, 2.05) is 12.1 Å². The molecule has 0 heterocycles. The van der Waals surface area contributed by atoms with Gasteiger partial charge >= 0.3 is 0 Å². The van der Waals surface area contributed by atoms with Crippen LogP contribution < -0.4 is 5.32 Å². The van der Waals surface area contributed by atoms with Gasteiger partial charge in [0.15, 0.2) is 5.78 Å². The van der Waals surface area contributed by atoms with E-state index >= 15 is 0 Å². The first-order valence-corrected chi connectivity index (χ1v) is 6.70. The van der Waals surface area contributed by atoms with Crippen molar-refractivity contribution in [3.05, 3.63) is 35.4 Å². The van der Waals surface area contributed by atoms with E-state index in [1.165, 1.54) is 37.7 Å². The van der Waals surface area contributed by atoms with E-state index in [0.29, 0.717) is 18.5 Å². The Kier molecular flexibility index (Phi) is 2.98. The second-order valence-corrected chi connectivity index (χ2v) is 5.29. The molecule has 2 fully saturated rings. The Bertz CT molecular complexity index is 419. The summed E-state index contributed by atoms with van der Waals surface area (Å²) in [5, 5.41) is 3.31. The Morgan fingerprint density at radius 3 is 2.59 bits per heavy atom. The predicted octanol–water partition coefficient (Wildman–Crippen LogP) is 2.89. The van der Waals surface area contributed by atoms with Gasteiger partial charge in [-0.2, -0.15) is 0 Å². The summed E-state index contributed by atoms with van der Waals surface area (Å²) in [6.45, 7) is 0.508. The Morgan fingerprint density at radius 2 is 1.94 bits per heavy atom. The van der Waals surface area contributed by atoms with E-state index < -0.39 is 0 Å². The number of rotatable bonds is 5. The molecule has 0 aromatic heterocycles. The molecular formula is C15H19NO. The lowest BCUT2D eigenvalue weighted by molar-refractivity contribution is 0.0988. The van der Waals surface area contributed by atoms with Crippen molar-refractivity contribution in [2.75, 3.05) is 6.54 Å². The Labute approximate surface area is 102 Å². The van der Waals surface area contributed by atoms with E-state index in [0.717, 1.165) is 5.56 Å². The summed E-state index contributed by atoms with van der Waals surface area (Å²) in [5.74, 6) is 0.899. The average molecular weight is 229 g/mol. The molecule has 0 amide bonds. The predicted molar refractivity (Wildman–Crippen MR) is 68.4 cm³/mol. The van der Waals surface area contributed by atoms with E-state index in [9.17, 15) is 4.79 Å².